The number of alkyl halides is 1. The van der Waals surface area contributed by atoms with Crippen LogP contribution in [0.15, 0.2) is 33.9 Å². The van der Waals surface area contributed by atoms with Gasteiger partial charge in [0.15, 0.2) is 18.7 Å². The third-order valence-electron chi connectivity index (χ3n) is 13.7. The molecule has 3 saturated heterocycles. The highest BCUT2D eigenvalue weighted by molar-refractivity contribution is 7.13. The van der Waals surface area contributed by atoms with E-state index < -0.39 is 89.0 Å². The Hall–Kier alpha value is -4.15. The number of nitrogens with one attached hydrogen (secondary N) is 1. The summed E-state index contributed by atoms with van der Waals surface area (Å²) in [5.41, 5.74) is 1.14. The lowest BCUT2D eigenvalue weighted by molar-refractivity contribution is -0.296. The molecule has 5 rings (SSSR count). The second-order valence-electron chi connectivity index (χ2n) is 19.5. The molecule has 3 fully saturated rings. The van der Waals surface area contributed by atoms with E-state index >= 15 is 4.39 Å². The van der Waals surface area contributed by atoms with E-state index in [4.69, 9.17) is 29.5 Å². The second-order valence-corrected chi connectivity index (χ2v) is 20.4. The lowest BCUT2D eigenvalue weighted by Gasteiger charge is -2.48. The number of aliphatic hydroxyl groups is 2. The molecule has 2 aromatic heterocycles. The molecule has 0 aromatic carbocycles. The van der Waals surface area contributed by atoms with Crippen LogP contribution in [0.3, 0.4) is 0 Å². The Morgan fingerprint density at radius 3 is 2.46 bits per heavy atom. The van der Waals surface area contributed by atoms with Crippen molar-refractivity contribution >= 4 is 52.1 Å². The van der Waals surface area contributed by atoms with Crippen LogP contribution in [0.5, 0.6) is 0 Å². The van der Waals surface area contributed by atoms with E-state index in [1.807, 2.05) is 45.8 Å². The molecule has 2 amide bonds. The van der Waals surface area contributed by atoms with Crippen molar-refractivity contribution in [3.63, 3.8) is 0 Å². The Labute approximate surface area is 403 Å². The van der Waals surface area contributed by atoms with Crippen LogP contribution in [0, 0.1) is 23.7 Å². The Bertz CT molecular complexity index is 2150. The number of likely N-dealkylation sites (N-methyl/N-ethyl adjacent to an activating group) is 1. The predicted molar refractivity (Wildman–Crippen MR) is 254 cm³/mol. The van der Waals surface area contributed by atoms with Crippen molar-refractivity contribution in [3.05, 3.63) is 29.4 Å². The molecule has 0 saturated carbocycles. The van der Waals surface area contributed by atoms with Gasteiger partial charge in [-0.3, -0.25) is 19.4 Å². The first kappa shape index (κ1) is 54.8. The van der Waals surface area contributed by atoms with Gasteiger partial charge in [0.1, 0.15) is 28.6 Å². The van der Waals surface area contributed by atoms with Gasteiger partial charge in [-0.05, 0) is 105 Å². The molecule has 14 atom stereocenters. The Kier molecular flexibility index (Phi) is 18.3. The first-order valence-corrected chi connectivity index (χ1v) is 24.4. The van der Waals surface area contributed by atoms with Gasteiger partial charge in [-0.15, -0.1) is 11.3 Å². The molecule has 3 aliphatic rings. The first-order chi connectivity index (χ1) is 31.8. The van der Waals surface area contributed by atoms with Crippen molar-refractivity contribution in [2.45, 2.75) is 174 Å². The number of oxime groups is 1. The van der Waals surface area contributed by atoms with Crippen molar-refractivity contribution in [3.8, 4) is 10.6 Å². The molecule has 68 heavy (non-hydrogen) atoms. The van der Waals surface area contributed by atoms with Gasteiger partial charge in [0, 0.05) is 47.2 Å². The zero-order valence-corrected chi connectivity index (χ0v) is 42.3. The summed E-state index contributed by atoms with van der Waals surface area (Å²) < 4.78 is 42.7. The molecular weight excluding hydrogens is 902 g/mol. The number of carbonyl (C=O) groups excluding carboxylic acids is 4. The minimum atomic E-state index is -3.20. The summed E-state index contributed by atoms with van der Waals surface area (Å²) in [7, 11) is 3.64. The van der Waals surface area contributed by atoms with E-state index in [9.17, 15) is 29.4 Å². The number of aromatic nitrogens is 2. The monoisotopic (exact) mass is 973 g/mol. The summed E-state index contributed by atoms with van der Waals surface area (Å²) in [6.45, 7) is 15.8. The van der Waals surface area contributed by atoms with Gasteiger partial charge < -0.3 is 49.9 Å². The molecular formula is C48H72FN7O11S. The van der Waals surface area contributed by atoms with Crippen LogP contribution >= 0.6 is 11.3 Å². The van der Waals surface area contributed by atoms with Crippen LogP contribution in [0.2, 0.25) is 0 Å². The number of aliphatic hydroxyl groups excluding tert-OH is 1. The van der Waals surface area contributed by atoms with Crippen LogP contribution in [0.4, 0.5) is 10.2 Å². The number of hydrogen-bond acceptors (Lipinski definition) is 17. The topological polar surface area (TPSA) is 247 Å². The summed E-state index contributed by atoms with van der Waals surface area (Å²) in [5.74, 6) is -6.42. The third-order valence-corrected chi connectivity index (χ3v) is 14.6. The molecule has 2 aromatic rings. The summed E-state index contributed by atoms with van der Waals surface area (Å²) in [5, 5.41) is 33.9. The number of pyridine rings is 1. The Morgan fingerprint density at radius 2 is 1.84 bits per heavy atom. The molecule has 5 N–H and O–H groups in total. The summed E-state index contributed by atoms with van der Waals surface area (Å²) in [6.07, 6.45) is -2.96. The van der Waals surface area contributed by atoms with Crippen molar-refractivity contribution < 1.29 is 57.6 Å². The fraction of sp³-hybridized carbons (Fsp3) is 0.708. The number of aliphatic imine (C=N–C) groups is 1. The largest absolute Gasteiger partial charge is 0.457 e. The van der Waals surface area contributed by atoms with Crippen LogP contribution in [0.1, 0.15) is 113 Å². The average molecular weight is 974 g/mol. The number of thiazole rings is 1. The van der Waals surface area contributed by atoms with Gasteiger partial charge in [0.2, 0.25) is 11.8 Å². The summed E-state index contributed by atoms with van der Waals surface area (Å²) in [4.78, 5) is 75.3. The number of ether oxygens (including phenoxy) is 4. The minimum absolute atomic E-state index is 0.0357. The maximum atomic E-state index is 17.0. The van der Waals surface area contributed by atoms with E-state index in [0.717, 1.165) is 6.92 Å². The number of ketones is 1. The number of nitrogens with zero attached hydrogens (tertiary/aromatic N) is 5. The number of cyclic esters (lactones) is 1. The van der Waals surface area contributed by atoms with Gasteiger partial charge in [-0.25, -0.2) is 19.2 Å². The molecule has 1 unspecified atom stereocenters. The fourth-order valence-electron chi connectivity index (χ4n) is 9.70. The SMILES string of the molecule is CCC(=O)/N=C1\[C@H](C)C[C@@]2(C)OC/C(=N/OCc3ccc(-c4nc(NC(=O)[C@H](C)N)cs4)cn3)CC[C@H]([C@H]1C)C(C)(O)[C@@H](CC)OC(=O)[C@@](C)(F)C(=O)[C@H](C)[C@H]2O[C@@H]1O[C@H](C)C[C@H](N(C)C)[C@H]1O. The minimum Gasteiger partial charge on any atom is -0.457 e. The number of Topliss-reactive ketones (excluding diaryl/α,β-unsaturated/α-hetero) is 1. The van der Waals surface area contributed by atoms with Crippen molar-refractivity contribution in [1.82, 2.24) is 14.9 Å². The van der Waals surface area contributed by atoms with Gasteiger partial charge in [-0.2, -0.15) is 0 Å². The van der Waals surface area contributed by atoms with Gasteiger partial charge >= 0.3 is 5.97 Å². The number of anilines is 1. The van der Waals surface area contributed by atoms with E-state index in [1.165, 1.54) is 25.2 Å². The highest BCUT2D eigenvalue weighted by Crippen LogP contribution is 2.43. The number of esters is 1. The van der Waals surface area contributed by atoms with Crippen LogP contribution in [0.25, 0.3) is 10.6 Å². The highest BCUT2D eigenvalue weighted by atomic mass is 32.1. The third kappa shape index (κ3) is 12.6. The van der Waals surface area contributed by atoms with E-state index in [0.29, 0.717) is 39.9 Å². The van der Waals surface area contributed by atoms with Gasteiger partial charge in [0.05, 0.1) is 41.9 Å². The Morgan fingerprint density at radius 1 is 1.13 bits per heavy atom. The summed E-state index contributed by atoms with van der Waals surface area (Å²) in [6, 6.07) is 2.47. The number of amides is 2. The number of fused-ring (bicyclic) bond motifs is 5. The van der Waals surface area contributed by atoms with E-state index in [1.54, 1.807) is 45.3 Å². The van der Waals surface area contributed by atoms with Gasteiger partial charge in [0.25, 0.3) is 5.67 Å². The predicted octanol–water partition coefficient (Wildman–Crippen LogP) is 5.42. The normalized spacial score (nSPS) is 36.1. The molecule has 0 spiro atoms. The van der Waals surface area contributed by atoms with Crippen molar-refractivity contribution in [2.24, 2.45) is 39.6 Å². The number of hydrogen-bond donors (Lipinski definition) is 4. The van der Waals surface area contributed by atoms with Crippen LogP contribution in [-0.4, -0.2) is 140 Å². The number of carbonyl (C=O) groups is 4. The van der Waals surface area contributed by atoms with Crippen molar-refractivity contribution in [2.75, 3.05) is 26.0 Å². The van der Waals surface area contributed by atoms with E-state index in [2.05, 4.69) is 25.4 Å². The molecule has 5 heterocycles. The summed E-state index contributed by atoms with van der Waals surface area (Å²) >= 11 is 1.33. The van der Waals surface area contributed by atoms with Crippen LogP contribution in [-0.2, 0) is 49.6 Å². The highest BCUT2D eigenvalue weighted by Gasteiger charge is 2.56. The Balaban J connectivity index is 1.60. The van der Waals surface area contributed by atoms with Crippen LogP contribution < -0.4 is 11.1 Å². The lowest BCUT2D eigenvalue weighted by atomic mass is 9.68. The average Bonchev–Trinajstić information content (AvgIpc) is 3.75. The zero-order valence-electron chi connectivity index (χ0n) is 41.5. The number of nitrogens with two attached hydrogens (primary N) is 1. The number of halogens is 1. The molecule has 2 bridgehead atoms. The lowest BCUT2D eigenvalue weighted by Crippen LogP contribution is -2.61. The molecule has 20 heteroatoms. The van der Waals surface area contributed by atoms with Crippen molar-refractivity contribution in [1.29, 1.82) is 0 Å². The molecule has 3 aliphatic heterocycles. The maximum absolute atomic E-state index is 17.0. The molecule has 18 nitrogen and oxygen atoms in total. The first-order valence-electron chi connectivity index (χ1n) is 23.6. The second kappa shape index (κ2) is 22.7. The molecule has 0 radical (unpaired) electrons. The van der Waals surface area contributed by atoms with Gasteiger partial charge in [-0.1, -0.05) is 39.8 Å². The quantitative estimate of drug-likeness (QED) is 0.125. The number of rotatable bonds is 11. The zero-order chi connectivity index (χ0) is 50.5. The maximum Gasteiger partial charge on any atom is 0.351 e. The smallest absolute Gasteiger partial charge is 0.351 e. The fourth-order valence-corrected chi connectivity index (χ4v) is 10.4. The standard InChI is InChI=1S/C48H72FN7O11S/c1-13-35-48(10,62)33-18-17-32(55-64-23-31-16-15-30(21-51-31)43-53-36(24-68-43)52-42(60)29(7)50)22-63-46(8,20-25(3)38(27(33)5)54-37(57)14-2)41(28(6)40(59)47(9,49)45(61)66-35)67-44-39(58)34(56(11)12)19-26(4)65-44/h15-16,21,24-29,33-35,39,41,44,58,62H,13-14,17-20,22-23,50H2,1-12H3,(H,52,60)/b54-38+,55-32+/t25-,26-,27-,28+,29+,33-,34+,35-,39-,41-,44+,46-,47+,48?/m1/s1. The van der Waals surface area contributed by atoms with E-state index in [-0.39, 0.29) is 63.2 Å². The molecule has 378 valence electrons. The molecule has 0 aliphatic carbocycles.